The quantitative estimate of drug-likeness (QED) is 0.619. The molecule has 1 N–H and O–H groups in total. The highest BCUT2D eigenvalue weighted by atomic mass is 35.5. The van der Waals surface area contributed by atoms with Gasteiger partial charge in [-0.15, -0.1) is 0 Å². The number of nitro benzene ring substituents is 1. The van der Waals surface area contributed by atoms with Crippen LogP contribution in [0.3, 0.4) is 0 Å². The first-order chi connectivity index (χ1) is 6.68. The number of anilines is 1. The second kappa shape index (κ2) is 3.46. The second-order valence-electron chi connectivity index (χ2n) is 3.31. The standard InChI is InChI=1S/C9H9ClN2O2/c10-7-2-1-3-8(9(7)12(13)14)11-6-4-5-6/h1-3,6,11H,4-5H2. The molecule has 0 bridgehead atoms. The number of hydrogen-bond acceptors (Lipinski definition) is 3. The number of para-hydroxylation sites is 1. The molecule has 5 heteroatoms. The minimum Gasteiger partial charge on any atom is -0.377 e. The Morgan fingerprint density at radius 2 is 2.21 bits per heavy atom. The monoisotopic (exact) mass is 212 g/mol. The Morgan fingerprint density at radius 1 is 1.50 bits per heavy atom. The van der Waals surface area contributed by atoms with E-state index in [4.69, 9.17) is 11.6 Å². The van der Waals surface area contributed by atoms with E-state index in [0.29, 0.717) is 11.7 Å². The van der Waals surface area contributed by atoms with Gasteiger partial charge < -0.3 is 5.32 Å². The van der Waals surface area contributed by atoms with Crippen molar-refractivity contribution < 1.29 is 4.92 Å². The zero-order chi connectivity index (χ0) is 10.1. The number of nitrogens with one attached hydrogen (secondary N) is 1. The molecule has 1 aromatic carbocycles. The summed E-state index contributed by atoms with van der Waals surface area (Å²) in [6.07, 6.45) is 2.15. The fourth-order valence-electron chi connectivity index (χ4n) is 1.26. The average molecular weight is 213 g/mol. The Kier molecular flexibility index (Phi) is 2.29. The van der Waals surface area contributed by atoms with E-state index in [1.807, 2.05) is 0 Å². The summed E-state index contributed by atoms with van der Waals surface area (Å²) in [5, 5.41) is 14.0. The largest absolute Gasteiger partial charge is 0.377 e. The van der Waals surface area contributed by atoms with Crippen LogP contribution in [-0.2, 0) is 0 Å². The van der Waals surface area contributed by atoms with Crippen LogP contribution < -0.4 is 5.32 Å². The van der Waals surface area contributed by atoms with Crippen molar-refractivity contribution in [3.05, 3.63) is 33.3 Å². The van der Waals surface area contributed by atoms with Crippen LogP contribution in [0.2, 0.25) is 5.02 Å². The van der Waals surface area contributed by atoms with Gasteiger partial charge in [0.15, 0.2) is 0 Å². The highest BCUT2D eigenvalue weighted by Crippen LogP contribution is 2.35. The summed E-state index contributed by atoms with van der Waals surface area (Å²) in [5.74, 6) is 0. The molecule has 0 aromatic heterocycles. The molecule has 1 aromatic rings. The van der Waals surface area contributed by atoms with E-state index in [1.165, 1.54) is 6.07 Å². The predicted octanol–water partition coefficient (Wildman–Crippen LogP) is 2.82. The maximum atomic E-state index is 10.7. The van der Waals surface area contributed by atoms with Crippen LogP contribution in [0.15, 0.2) is 18.2 Å². The summed E-state index contributed by atoms with van der Waals surface area (Å²) < 4.78 is 0. The van der Waals surface area contributed by atoms with Gasteiger partial charge in [-0.3, -0.25) is 10.1 Å². The molecule has 0 saturated heterocycles. The fourth-order valence-corrected chi connectivity index (χ4v) is 1.51. The molecule has 1 aliphatic carbocycles. The second-order valence-corrected chi connectivity index (χ2v) is 3.72. The molecule has 0 aliphatic heterocycles. The molecule has 0 amide bonds. The zero-order valence-electron chi connectivity index (χ0n) is 7.37. The van der Waals surface area contributed by atoms with Crippen molar-refractivity contribution in [2.75, 3.05) is 5.32 Å². The molecule has 2 rings (SSSR count). The van der Waals surface area contributed by atoms with E-state index in [9.17, 15) is 10.1 Å². The molecule has 74 valence electrons. The molecule has 0 spiro atoms. The highest BCUT2D eigenvalue weighted by Gasteiger charge is 2.25. The number of benzene rings is 1. The summed E-state index contributed by atoms with van der Waals surface area (Å²) in [5.41, 5.74) is 0.492. The van der Waals surface area contributed by atoms with Gasteiger partial charge in [-0.1, -0.05) is 17.7 Å². The van der Waals surface area contributed by atoms with E-state index in [1.54, 1.807) is 12.1 Å². The summed E-state index contributed by atoms with van der Waals surface area (Å²) in [6.45, 7) is 0. The summed E-state index contributed by atoms with van der Waals surface area (Å²) >= 11 is 5.75. The molecule has 4 nitrogen and oxygen atoms in total. The topological polar surface area (TPSA) is 55.2 Å². The van der Waals surface area contributed by atoms with Crippen LogP contribution in [0.5, 0.6) is 0 Å². The first kappa shape index (κ1) is 9.27. The van der Waals surface area contributed by atoms with Gasteiger partial charge in [0.05, 0.1) is 4.92 Å². The van der Waals surface area contributed by atoms with Crippen LogP contribution >= 0.6 is 11.6 Å². The first-order valence-electron chi connectivity index (χ1n) is 4.38. The Morgan fingerprint density at radius 3 is 2.79 bits per heavy atom. The number of hydrogen-bond donors (Lipinski definition) is 1. The van der Waals surface area contributed by atoms with E-state index < -0.39 is 4.92 Å². The first-order valence-corrected chi connectivity index (χ1v) is 4.75. The number of nitro groups is 1. The summed E-state index contributed by atoms with van der Waals surface area (Å²) in [4.78, 5) is 10.3. The highest BCUT2D eigenvalue weighted by molar-refractivity contribution is 6.33. The lowest BCUT2D eigenvalue weighted by Gasteiger charge is -2.05. The average Bonchev–Trinajstić information content (AvgIpc) is 2.87. The van der Waals surface area contributed by atoms with Gasteiger partial charge in [-0.05, 0) is 25.0 Å². The summed E-state index contributed by atoms with van der Waals surface area (Å²) in [7, 11) is 0. The minimum absolute atomic E-state index is 0.0268. The fraction of sp³-hybridized carbons (Fsp3) is 0.333. The van der Waals surface area contributed by atoms with Crippen molar-refractivity contribution in [1.82, 2.24) is 0 Å². The Balaban J connectivity index is 2.35. The third kappa shape index (κ3) is 1.80. The van der Waals surface area contributed by atoms with Crippen molar-refractivity contribution in [2.24, 2.45) is 0 Å². The van der Waals surface area contributed by atoms with Crippen LogP contribution in [0.4, 0.5) is 11.4 Å². The molecule has 0 unspecified atom stereocenters. The van der Waals surface area contributed by atoms with Gasteiger partial charge in [0.25, 0.3) is 0 Å². The van der Waals surface area contributed by atoms with E-state index in [-0.39, 0.29) is 10.7 Å². The van der Waals surface area contributed by atoms with Gasteiger partial charge >= 0.3 is 5.69 Å². The maximum Gasteiger partial charge on any atom is 0.310 e. The van der Waals surface area contributed by atoms with Crippen molar-refractivity contribution in [2.45, 2.75) is 18.9 Å². The molecule has 14 heavy (non-hydrogen) atoms. The lowest BCUT2D eigenvalue weighted by Crippen LogP contribution is -2.04. The SMILES string of the molecule is O=[N+]([O-])c1c(Cl)cccc1NC1CC1. The molecule has 1 fully saturated rings. The molecular weight excluding hydrogens is 204 g/mol. The lowest BCUT2D eigenvalue weighted by molar-refractivity contribution is -0.383. The van der Waals surface area contributed by atoms with Gasteiger partial charge in [-0.2, -0.15) is 0 Å². The summed E-state index contributed by atoms with van der Waals surface area (Å²) in [6, 6.07) is 5.30. The normalized spacial score (nSPS) is 15.2. The van der Waals surface area contributed by atoms with Crippen molar-refractivity contribution >= 4 is 23.0 Å². The molecule has 1 aliphatic rings. The van der Waals surface area contributed by atoms with Crippen LogP contribution in [0, 0.1) is 10.1 Å². The molecule has 0 atom stereocenters. The number of halogens is 1. The van der Waals surface area contributed by atoms with Crippen molar-refractivity contribution in [3.8, 4) is 0 Å². The Hall–Kier alpha value is -1.29. The molecule has 0 heterocycles. The van der Waals surface area contributed by atoms with Crippen LogP contribution in [0.25, 0.3) is 0 Å². The Bertz CT molecular complexity index is 377. The van der Waals surface area contributed by atoms with Gasteiger partial charge in [0.1, 0.15) is 10.7 Å². The van der Waals surface area contributed by atoms with Crippen molar-refractivity contribution in [1.29, 1.82) is 0 Å². The molecule has 0 radical (unpaired) electrons. The predicted molar refractivity (Wildman–Crippen MR) is 54.8 cm³/mol. The van der Waals surface area contributed by atoms with E-state index in [2.05, 4.69) is 5.32 Å². The number of nitrogens with zero attached hydrogens (tertiary/aromatic N) is 1. The van der Waals surface area contributed by atoms with E-state index >= 15 is 0 Å². The van der Waals surface area contributed by atoms with E-state index in [0.717, 1.165) is 12.8 Å². The van der Waals surface area contributed by atoms with Gasteiger partial charge in [-0.25, -0.2) is 0 Å². The van der Waals surface area contributed by atoms with Crippen LogP contribution in [-0.4, -0.2) is 11.0 Å². The number of rotatable bonds is 3. The van der Waals surface area contributed by atoms with Crippen molar-refractivity contribution in [3.63, 3.8) is 0 Å². The smallest absolute Gasteiger partial charge is 0.310 e. The third-order valence-electron chi connectivity index (χ3n) is 2.11. The Labute approximate surface area is 86.0 Å². The van der Waals surface area contributed by atoms with Gasteiger partial charge in [0, 0.05) is 6.04 Å². The molecule has 1 saturated carbocycles. The third-order valence-corrected chi connectivity index (χ3v) is 2.41. The minimum atomic E-state index is -0.451. The lowest BCUT2D eigenvalue weighted by atomic mass is 10.2. The van der Waals surface area contributed by atoms with Crippen LogP contribution in [0.1, 0.15) is 12.8 Å². The van der Waals surface area contributed by atoms with Gasteiger partial charge in [0.2, 0.25) is 0 Å². The molecular formula is C9H9ClN2O2. The maximum absolute atomic E-state index is 10.7. The zero-order valence-corrected chi connectivity index (χ0v) is 8.12.